The van der Waals surface area contributed by atoms with Gasteiger partial charge in [0.2, 0.25) is 0 Å². The number of morpholine rings is 1. The molecule has 1 aromatic rings. The Morgan fingerprint density at radius 1 is 1.26 bits per heavy atom. The molecule has 1 aliphatic heterocycles. The van der Waals surface area contributed by atoms with E-state index in [2.05, 4.69) is 60.0 Å². The van der Waals surface area contributed by atoms with Crippen molar-refractivity contribution in [2.75, 3.05) is 40.4 Å². The second kappa shape index (κ2) is 8.25. The third-order valence-electron chi connectivity index (χ3n) is 5.42. The molecule has 1 aliphatic carbocycles. The first-order chi connectivity index (χ1) is 11.3. The Morgan fingerprint density at radius 2 is 2.09 bits per heavy atom. The fourth-order valence-corrected chi connectivity index (χ4v) is 4.12. The number of likely N-dealkylation sites (N-methyl/N-ethyl adjacent to an activating group) is 1. The van der Waals surface area contributed by atoms with E-state index in [1.807, 2.05) is 0 Å². The van der Waals surface area contributed by atoms with Gasteiger partial charge in [0, 0.05) is 31.2 Å². The van der Waals surface area contributed by atoms with Gasteiger partial charge in [-0.15, -0.1) is 0 Å². The zero-order chi connectivity index (χ0) is 16.1. The predicted octanol–water partition coefficient (Wildman–Crippen LogP) is 2.04. The quantitative estimate of drug-likeness (QED) is 0.842. The predicted molar refractivity (Wildman–Crippen MR) is 94.6 cm³/mol. The Bertz CT molecular complexity index is 459. The lowest BCUT2D eigenvalue weighted by atomic mass is 9.93. The molecule has 2 fully saturated rings. The topological polar surface area (TPSA) is 36.5 Å². The molecule has 2 N–H and O–H groups in total. The highest BCUT2D eigenvalue weighted by Crippen LogP contribution is 2.30. The van der Waals surface area contributed by atoms with Crippen molar-refractivity contribution in [3.63, 3.8) is 0 Å². The van der Waals surface area contributed by atoms with Gasteiger partial charge in [-0.25, -0.2) is 0 Å². The second-order valence-corrected chi connectivity index (χ2v) is 7.14. The number of benzene rings is 1. The van der Waals surface area contributed by atoms with Crippen molar-refractivity contribution in [3.05, 3.63) is 35.9 Å². The van der Waals surface area contributed by atoms with Gasteiger partial charge in [0.25, 0.3) is 0 Å². The molecule has 0 spiro atoms. The Kier molecular flexibility index (Phi) is 6.06. The van der Waals surface area contributed by atoms with Gasteiger partial charge in [0.15, 0.2) is 0 Å². The molecule has 4 unspecified atom stereocenters. The molecular weight excluding hydrogens is 286 g/mol. The number of hydrogen-bond acceptors (Lipinski definition) is 4. The Hall–Kier alpha value is -0.940. The van der Waals surface area contributed by atoms with E-state index in [1.54, 1.807) is 0 Å². The molecule has 1 saturated heterocycles. The van der Waals surface area contributed by atoms with Gasteiger partial charge >= 0.3 is 0 Å². The smallest absolute Gasteiger partial charge is 0.0623 e. The van der Waals surface area contributed by atoms with Gasteiger partial charge < -0.3 is 20.3 Å². The summed E-state index contributed by atoms with van der Waals surface area (Å²) >= 11 is 0. The van der Waals surface area contributed by atoms with E-state index in [9.17, 15) is 0 Å². The normalized spacial score (nSPS) is 29.8. The lowest BCUT2D eigenvalue weighted by molar-refractivity contribution is 0.0520. The lowest BCUT2D eigenvalue weighted by Gasteiger charge is -2.34. The van der Waals surface area contributed by atoms with Crippen LogP contribution >= 0.6 is 0 Å². The largest absolute Gasteiger partial charge is 0.379 e. The van der Waals surface area contributed by atoms with Gasteiger partial charge in [-0.1, -0.05) is 36.8 Å². The first-order valence-corrected chi connectivity index (χ1v) is 9.01. The maximum Gasteiger partial charge on any atom is 0.0623 e. The molecule has 0 amide bonds. The van der Waals surface area contributed by atoms with E-state index in [-0.39, 0.29) is 0 Å². The van der Waals surface area contributed by atoms with Gasteiger partial charge in [0.05, 0.1) is 13.2 Å². The number of rotatable bonds is 6. The first-order valence-electron chi connectivity index (χ1n) is 9.01. The summed E-state index contributed by atoms with van der Waals surface area (Å²) in [7, 11) is 4.34. The summed E-state index contributed by atoms with van der Waals surface area (Å²) in [5, 5.41) is 7.53. The van der Waals surface area contributed by atoms with Gasteiger partial charge in [-0.3, -0.25) is 0 Å². The molecule has 4 atom stereocenters. The van der Waals surface area contributed by atoms with Gasteiger partial charge in [-0.05, 0) is 38.4 Å². The summed E-state index contributed by atoms with van der Waals surface area (Å²) in [6.45, 7) is 3.74. The summed E-state index contributed by atoms with van der Waals surface area (Å²) < 4.78 is 5.68. The standard InChI is InChI=1S/C19H31N3O/c1-22(2)19(15-7-4-3-5-8-15)13-21-17-10-6-9-16(17)18-14-23-12-11-20-18/h3-5,7-8,16-21H,6,9-14H2,1-2H3. The van der Waals surface area contributed by atoms with Crippen molar-refractivity contribution in [1.29, 1.82) is 0 Å². The SMILES string of the molecule is CN(C)C(CNC1CCCC1C1COCCN1)c1ccccc1. The van der Waals surface area contributed by atoms with Crippen LogP contribution in [0.4, 0.5) is 0 Å². The van der Waals surface area contributed by atoms with Crippen LogP contribution in [0.15, 0.2) is 30.3 Å². The highest BCUT2D eigenvalue weighted by molar-refractivity contribution is 5.19. The highest BCUT2D eigenvalue weighted by Gasteiger charge is 2.34. The van der Waals surface area contributed by atoms with Gasteiger partial charge in [-0.2, -0.15) is 0 Å². The molecular formula is C19H31N3O. The van der Waals surface area contributed by atoms with E-state index in [0.717, 1.165) is 26.3 Å². The number of ether oxygens (including phenoxy) is 1. The van der Waals surface area contributed by atoms with Crippen LogP contribution in [-0.2, 0) is 4.74 Å². The van der Waals surface area contributed by atoms with E-state index < -0.39 is 0 Å². The minimum Gasteiger partial charge on any atom is -0.379 e. The molecule has 2 aliphatic rings. The van der Waals surface area contributed by atoms with Crippen LogP contribution in [0, 0.1) is 5.92 Å². The molecule has 1 saturated carbocycles. The fourth-order valence-electron chi connectivity index (χ4n) is 4.12. The number of nitrogens with one attached hydrogen (secondary N) is 2. The van der Waals surface area contributed by atoms with Crippen molar-refractivity contribution >= 4 is 0 Å². The number of nitrogens with zero attached hydrogens (tertiary/aromatic N) is 1. The second-order valence-electron chi connectivity index (χ2n) is 7.14. The Labute approximate surface area is 140 Å². The molecule has 0 bridgehead atoms. The lowest BCUT2D eigenvalue weighted by Crippen LogP contribution is -2.51. The maximum absolute atomic E-state index is 5.68. The van der Waals surface area contributed by atoms with E-state index in [4.69, 9.17) is 4.74 Å². The molecule has 1 aromatic carbocycles. The molecule has 0 radical (unpaired) electrons. The molecule has 23 heavy (non-hydrogen) atoms. The molecule has 0 aromatic heterocycles. The molecule has 4 nitrogen and oxygen atoms in total. The van der Waals surface area contributed by atoms with Crippen LogP contribution in [0.1, 0.15) is 30.9 Å². The summed E-state index contributed by atoms with van der Waals surface area (Å²) in [6, 6.07) is 12.4. The van der Waals surface area contributed by atoms with E-state index in [1.165, 1.54) is 24.8 Å². The third kappa shape index (κ3) is 4.32. The van der Waals surface area contributed by atoms with Crippen molar-refractivity contribution in [2.45, 2.75) is 37.4 Å². The molecule has 128 valence electrons. The van der Waals surface area contributed by atoms with E-state index >= 15 is 0 Å². The monoisotopic (exact) mass is 317 g/mol. The average Bonchev–Trinajstić information content (AvgIpc) is 3.05. The summed E-state index contributed by atoms with van der Waals surface area (Å²) in [5.41, 5.74) is 1.39. The van der Waals surface area contributed by atoms with Crippen LogP contribution in [0.2, 0.25) is 0 Å². The van der Waals surface area contributed by atoms with E-state index in [0.29, 0.717) is 24.0 Å². The van der Waals surface area contributed by atoms with Crippen LogP contribution in [0.3, 0.4) is 0 Å². The minimum absolute atomic E-state index is 0.424. The Balaban J connectivity index is 1.59. The van der Waals surface area contributed by atoms with Crippen LogP contribution in [-0.4, -0.2) is 57.4 Å². The fraction of sp³-hybridized carbons (Fsp3) is 0.684. The molecule has 4 heteroatoms. The van der Waals surface area contributed by atoms with Crippen LogP contribution in [0.5, 0.6) is 0 Å². The van der Waals surface area contributed by atoms with Gasteiger partial charge in [0.1, 0.15) is 0 Å². The number of hydrogen-bond donors (Lipinski definition) is 2. The summed E-state index contributed by atoms with van der Waals surface area (Å²) in [6.07, 6.45) is 3.94. The molecule has 3 rings (SSSR count). The van der Waals surface area contributed by atoms with Crippen LogP contribution in [0.25, 0.3) is 0 Å². The summed E-state index contributed by atoms with van der Waals surface area (Å²) in [5.74, 6) is 0.703. The average molecular weight is 317 g/mol. The minimum atomic E-state index is 0.424. The maximum atomic E-state index is 5.68. The Morgan fingerprint density at radius 3 is 2.78 bits per heavy atom. The zero-order valence-electron chi connectivity index (χ0n) is 14.5. The first kappa shape index (κ1) is 16.9. The van der Waals surface area contributed by atoms with Crippen LogP contribution < -0.4 is 10.6 Å². The van der Waals surface area contributed by atoms with Crippen molar-refractivity contribution < 1.29 is 4.74 Å². The highest BCUT2D eigenvalue weighted by atomic mass is 16.5. The zero-order valence-corrected chi connectivity index (χ0v) is 14.5. The molecule has 1 heterocycles. The summed E-state index contributed by atoms with van der Waals surface area (Å²) in [4.78, 5) is 2.31. The van der Waals surface area contributed by atoms with Crippen molar-refractivity contribution in [3.8, 4) is 0 Å². The van der Waals surface area contributed by atoms with Crippen molar-refractivity contribution in [1.82, 2.24) is 15.5 Å². The van der Waals surface area contributed by atoms with Crippen molar-refractivity contribution in [2.24, 2.45) is 5.92 Å². The third-order valence-corrected chi connectivity index (χ3v) is 5.42.